The lowest BCUT2D eigenvalue weighted by Gasteiger charge is -2.19. The fourth-order valence-corrected chi connectivity index (χ4v) is 3.56. The van der Waals surface area contributed by atoms with Gasteiger partial charge in [-0.3, -0.25) is 0 Å². The second-order valence-electron chi connectivity index (χ2n) is 4.98. The Balaban J connectivity index is 3.06. The molecule has 0 saturated carbocycles. The van der Waals surface area contributed by atoms with E-state index < -0.39 is 10.0 Å². The maximum absolute atomic E-state index is 12.6. The molecule has 1 N–H and O–H groups in total. The van der Waals surface area contributed by atoms with E-state index >= 15 is 0 Å². The lowest BCUT2D eigenvalue weighted by atomic mass is 10.1. The van der Waals surface area contributed by atoms with E-state index in [1.165, 1.54) is 11.4 Å². The molecule has 21 heavy (non-hydrogen) atoms. The number of hydrogen-bond acceptors (Lipinski definition) is 4. The van der Waals surface area contributed by atoms with E-state index in [4.69, 9.17) is 9.84 Å². The van der Waals surface area contributed by atoms with Gasteiger partial charge in [-0.25, -0.2) is 12.7 Å². The van der Waals surface area contributed by atoms with Crippen molar-refractivity contribution in [2.24, 2.45) is 0 Å². The van der Waals surface area contributed by atoms with E-state index in [-0.39, 0.29) is 17.9 Å². The summed E-state index contributed by atoms with van der Waals surface area (Å²) < 4.78 is 31.7. The average Bonchev–Trinajstić information content (AvgIpc) is 2.47. The Kier molecular flexibility index (Phi) is 7.14. The lowest BCUT2D eigenvalue weighted by Crippen LogP contribution is -2.29. The summed E-state index contributed by atoms with van der Waals surface area (Å²) >= 11 is 0. The summed E-state index contributed by atoms with van der Waals surface area (Å²) in [7, 11) is -0.405. The third kappa shape index (κ3) is 4.69. The predicted octanol–water partition coefficient (Wildman–Crippen LogP) is 2.04. The van der Waals surface area contributed by atoms with E-state index in [0.29, 0.717) is 17.9 Å². The molecule has 5 nitrogen and oxygen atoms in total. The zero-order valence-electron chi connectivity index (χ0n) is 13.0. The van der Waals surface area contributed by atoms with Crippen molar-refractivity contribution in [2.45, 2.75) is 37.5 Å². The summed E-state index contributed by atoms with van der Waals surface area (Å²) in [6, 6.07) is 4.85. The second kappa shape index (κ2) is 8.36. The molecule has 0 aliphatic carbocycles. The van der Waals surface area contributed by atoms with Crippen molar-refractivity contribution >= 4 is 10.0 Å². The number of aliphatic hydroxyl groups is 1. The van der Waals surface area contributed by atoms with E-state index in [1.807, 2.05) is 0 Å². The van der Waals surface area contributed by atoms with Gasteiger partial charge in [-0.05, 0) is 36.6 Å². The van der Waals surface area contributed by atoms with Crippen LogP contribution in [0.15, 0.2) is 23.1 Å². The van der Waals surface area contributed by atoms with Gasteiger partial charge in [-0.15, -0.1) is 0 Å². The number of unbranched alkanes of at least 4 members (excludes halogenated alkanes) is 2. The van der Waals surface area contributed by atoms with Crippen LogP contribution >= 0.6 is 0 Å². The molecule has 0 spiro atoms. The van der Waals surface area contributed by atoms with Crippen molar-refractivity contribution in [1.29, 1.82) is 0 Å². The largest absolute Gasteiger partial charge is 0.497 e. The Morgan fingerprint density at radius 1 is 1.29 bits per heavy atom. The Morgan fingerprint density at radius 2 is 2.00 bits per heavy atom. The highest BCUT2D eigenvalue weighted by molar-refractivity contribution is 7.89. The van der Waals surface area contributed by atoms with Crippen LogP contribution in [0.1, 0.15) is 31.7 Å². The Morgan fingerprint density at radius 3 is 2.57 bits per heavy atom. The molecule has 1 aromatic rings. The number of methoxy groups -OCH3 is 1. The number of sulfonamides is 1. The first-order valence-electron chi connectivity index (χ1n) is 7.21. The third-order valence-electron chi connectivity index (χ3n) is 3.41. The summed E-state index contributed by atoms with van der Waals surface area (Å²) in [5.41, 5.74) is 0.583. The van der Waals surface area contributed by atoms with Crippen molar-refractivity contribution in [3.8, 4) is 5.75 Å². The van der Waals surface area contributed by atoms with E-state index in [0.717, 1.165) is 19.3 Å². The summed E-state index contributed by atoms with van der Waals surface area (Å²) in [6.45, 7) is 2.48. The van der Waals surface area contributed by atoms with E-state index in [2.05, 4.69) is 6.92 Å². The van der Waals surface area contributed by atoms with Gasteiger partial charge >= 0.3 is 0 Å². The van der Waals surface area contributed by atoms with Crippen LogP contribution in [0, 0.1) is 0 Å². The highest BCUT2D eigenvalue weighted by Crippen LogP contribution is 2.24. The smallest absolute Gasteiger partial charge is 0.243 e. The third-order valence-corrected chi connectivity index (χ3v) is 5.37. The zero-order chi connectivity index (χ0) is 15.9. The molecule has 0 aliphatic rings. The Labute approximate surface area is 127 Å². The van der Waals surface area contributed by atoms with Crippen LogP contribution in [0.3, 0.4) is 0 Å². The van der Waals surface area contributed by atoms with Gasteiger partial charge in [0.05, 0.1) is 12.0 Å². The number of rotatable bonds is 9. The van der Waals surface area contributed by atoms with Crippen LogP contribution in [0.4, 0.5) is 0 Å². The predicted molar refractivity (Wildman–Crippen MR) is 83.1 cm³/mol. The van der Waals surface area contributed by atoms with Gasteiger partial charge in [0.2, 0.25) is 10.0 Å². The van der Waals surface area contributed by atoms with Crippen molar-refractivity contribution in [1.82, 2.24) is 4.31 Å². The monoisotopic (exact) mass is 315 g/mol. The second-order valence-corrected chi connectivity index (χ2v) is 6.99. The summed E-state index contributed by atoms with van der Waals surface area (Å²) in [5.74, 6) is 0.589. The molecular weight excluding hydrogens is 290 g/mol. The minimum absolute atomic E-state index is 0.102. The molecule has 0 bridgehead atoms. The summed E-state index contributed by atoms with van der Waals surface area (Å²) in [4.78, 5) is 0.247. The molecular formula is C15H25NO4S. The maximum Gasteiger partial charge on any atom is 0.243 e. The normalized spacial score (nSPS) is 11.9. The van der Waals surface area contributed by atoms with Gasteiger partial charge in [-0.2, -0.15) is 0 Å². The molecule has 0 aromatic heterocycles. The molecule has 0 fully saturated rings. The molecule has 1 rings (SSSR count). The number of ether oxygens (including phenoxy) is 1. The number of nitrogens with zero attached hydrogens (tertiary/aromatic N) is 1. The SMILES string of the molecule is CCCCCN(C)S(=O)(=O)c1ccc(OC)cc1CCO. The van der Waals surface area contributed by atoms with Crippen LogP contribution in [-0.4, -0.2) is 45.1 Å². The molecule has 1 aromatic carbocycles. The molecule has 0 amide bonds. The highest BCUT2D eigenvalue weighted by atomic mass is 32.2. The molecule has 120 valence electrons. The number of benzene rings is 1. The van der Waals surface area contributed by atoms with E-state index in [9.17, 15) is 8.42 Å². The minimum atomic E-state index is -3.53. The van der Waals surface area contributed by atoms with Gasteiger partial charge in [0.1, 0.15) is 5.75 Å². The molecule has 0 atom stereocenters. The molecule has 0 unspecified atom stereocenters. The standard InChI is InChI=1S/C15H25NO4S/c1-4-5-6-10-16(2)21(18,19)15-8-7-14(20-3)12-13(15)9-11-17/h7-8,12,17H,4-6,9-11H2,1-3H3. The maximum atomic E-state index is 12.6. The quantitative estimate of drug-likeness (QED) is 0.708. The topological polar surface area (TPSA) is 66.8 Å². The van der Waals surface area contributed by atoms with Crippen molar-refractivity contribution in [2.75, 3.05) is 27.3 Å². The Bertz CT molecular complexity index is 543. The van der Waals surface area contributed by atoms with Gasteiger partial charge in [0, 0.05) is 20.2 Å². The van der Waals surface area contributed by atoms with Gasteiger partial charge in [0.15, 0.2) is 0 Å². The molecule has 0 radical (unpaired) electrons. The summed E-state index contributed by atoms with van der Waals surface area (Å²) in [5, 5.41) is 9.14. The zero-order valence-corrected chi connectivity index (χ0v) is 13.8. The molecule has 0 heterocycles. The average molecular weight is 315 g/mol. The Hall–Kier alpha value is -1.11. The molecule has 6 heteroatoms. The first-order valence-corrected chi connectivity index (χ1v) is 8.65. The van der Waals surface area contributed by atoms with Crippen LogP contribution in [0.25, 0.3) is 0 Å². The van der Waals surface area contributed by atoms with Crippen LogP contribution < -0.4 is 4.74 Å². The van der Waals surface area contributed by atoms with Crippen molar-refractivity contribution in [3.05, 3.63) is 23.8 Å². The van der Waals surface area contributed by atoms with Crippen molar-refractivity contribution in [3.63, 3.8) is 0 Å². The summed E-state index contributed by atoms with van der Waals surface area (Å²) in [6.07, 6.45) is 3.18. The van der Waals surface area contributed by atoms with Gasteiger partial charge in [0.25, 0.3) is 0 Å². The van der Waals surface area contributed by atoms with Gasteiger partial charge < -0.3 is 9.84 Å². The van der Waals surface area contributed by atoms with Crippen LogP contribution in [0.2, 0.25) is 0 Å². The first-order chi connectivity index (χ1) is 9.97. The fourth-order valence-electron chi connectivity index (χ4n) is 2.12. The first kappa shape index (κ1) is 17.9. The van der Waals surface area contributed by atoms with Gasteiger partial charge in [-0.1, -0.05) is 19.8 Å². The minimum Gasteiger partial charge on any atom is -0.497 e. The molecule has 0 aliphatic heterocycles. The van der Waals surface area contributed by atoms with Crippen LogP contribution in [-0.2, 0) is 16.4 Å². The van der Waals surface area contributed by atoms with Crippen molar-refractivity contribution < 1.29 is 18.3 Å². The molecule has 0 saturated heterocycles. The highest BCUT2D eigenvalue weighted by Gasteiger charge is 2.23. The lowest BCUT2D eigenvalue weighted by molar-refractivity contribution is 0.298. The fraction of sp³-hybridized carbons (Fsp3) is 0.600. The number of hydrogen-bond donors (Lipinski definition) is 1. The number of aliphatic hydroxyl groups excluding tert-OH is 1. The van der Waals surface area contributed by atoms with Crippen LogP contribution in [0.5, 0.6) is 5.75 Å². The van der Waals surface area contributed by atoms with E-state index in [1.54, 1.807) is 25.2 Å².